The fourth-order valence-corrected chi connectivity index (χ4v) is 8.53. The van der Waals surface area contributed by atoms with E-state index in [1.54, 1.807) is 18.2 Å². The Labute approximate surface area is 258 Å². The number of hydrogen-bond donors (Lipinski definition) is 1. The fourth-order valence-electron chi connectivity index (χ4n) is 7.91. The van der Waals surface area contributed by atoms with Crippen LogP contribution in [0.4, 0.5) is 0 Å². The van der Waals surface area contributed by atoms with Crippen molar-refractivity contribution in [2.75, 3.05) is 0 Å². The molecule has 1 heterocycles. The maximum atomic E-state index is 15.2. The standard InChI is InChI=1S/C34H25Cl4NO2/c1-18-30(21-11-13-26(36)28(38)17-21)33(14-4-7-22(31(33)40)15-19-10-12-25(35)27(37)16-19)34(39-18)24-9-3-6-20-5-2-8-23(29(20)24)32(34)41/h2-3,5-6,8-13,15-18,30,39H,4,7,14H2,1H3/b22-15+/t18?,30-,33+,34+/m1/s1. The van der Waals surface area contributed by atoms with Crippen LogP contribution in [0.15, 0.2) is 78.4 Å². The number of rotatable bonds is 2. The zero-order valence-corrected chi connectivity index (χ0v) is 25.1. The summed E-state index contributed by atoms with van der Waals surface area (Å²) in [6.45, 7) is 2.06. The molecular weight excluding hydrogens is 596 g/mol. The average molecular weight is 621 g/mol. The topological polar surface area (TPSA) is 46.2 Å². The van der Waals surface area contributed by atoms with Gasteiger partial charge in [-0.2, -0.15) is 0 Å². The van der Waals surface area contributed by atoms with Crippen LogP contribution in [0, 0.1) is 5.41 Å². The molecule has 206 valence electrons. The summed E-state index contributed by atoms with van der Waals surface area (Å²) in [5, 5.41) is 7.40. The van der Waals surface area contributed by atoms with Gasteiger partial charge in [0.2, 0.25) is 0 Å². The minimum atomic E-state index is -1.24. The Morgan fingerprint density at radius 3 is 2.27 bits per heavy atom. The number of allylic oxidation sites excluding steroid dienone is 1. The van der Waals surface area contributed by atoms with Gasteiger partial charge in [0.15, 0.2) is 11.6 Å². The van der Waals surface area contributed by atoms with Crippen molar-refractivity contribution in [3.8, 4) is 0 Å². The van der Waals surface area contributed by atoms with Crippen LogP contribution in [-0.2, 0) is 10.3 Å². The van der Waals surface area contributed by atoms with Crippen LogP contribution in [0.25, 0.3) is 16.8 Å². The minimum absolute atomic E-state index is 0.0269. The molecule has 0 bridgehead atoms. The fraction of sp³-hybridized carbons (Fsp3) is 0.235. The Balaban J connectivity index is 1.51. The molecule has 2 fully saturated rings. The number of fused-ring (bicyclic) bond motifs is 2. The molecule has 0 amide bonds. The van der Waals surface area contributed by atoms with E-state index in [0.717, 1.165) is 33.9 Å². The molecule has 1 aliphatic heterocycles. The predicted molar refractivity (Wildman–Crippen MR) is 167 cm³/mol. The molecule has 2 spiro atoms. The molecule has 4 aromatic carbocycles. The van der Waals surface area contributed by atoms with E-state index in [1.807, 2.05) is 60.7 Å². The van der Waals surface area contributed by atoms with Crippen LogP contribution in [-0.4, -0.2) is 17.6 Å². The van der Waals surface area contributed by atoms with Crippen molar-refractivity contribution in [3.63, 3.8) is 0 Å². The second-order valence-electron chi connectivity index (χ2n) is 11.4. The van der Waals surface area contributed by atoms with Gasteiger partial charge in [0.25, 0.3) is 0 Å². The third-order valence-corrected chi connectivity index (χ3v) is 10.8. The van der Waals surface area contributed by atoms with Crippen LogP contribution >= 0.6 is 46.4 Å². The molecule has 1 N–H and O–H groups in total. The molecule has 4 atom stereocenters. The first kappa shape index (κ1) is 27.2. The third kappa shape index (κ3) is 3.70. The van der Waals surface area contributed by atoms with Crippen LogP contribution in [0.5, 0.6) is 0 Å². The summed E-state index contributed by atoms with van der Waals surface area (Å²) in [6, 6.07) is 22.5. The van der Waals surface area contributed by atoms with E-state index in [-0.39, 0.29) is 23.5 Å². The van der Waals surface area contributed by atoms with Gasteiger partial charge in [-0.3, -0.25) is 14.9 Å². The summed E-state index contributed by atoms with van der Waals surface area (Å²) >= 11 is 25.4. The molecule has 7 heteroatoms. The van der Waals surface area contributed by atoms with Crippen LogP contribution in [0.3, 0.4) is 0 Å². The van der Waals surface area contributed by atoms with Crippen LogP contribution in [0.2, 0.25) is 20.1 Å². The molecule has 7 rings (SSSR count). The lowest BCUT2D eigenvalue weighted by Gasteiger charge is -2.47. The summed E-state index contributed by atoms with van der Waals surface area (Å²) in [5.41, 5.74) is 1.54. The van der Waals surface area contributed by atoms with Crippen molar-refractivity contribution < 1.29 is 9.59 Å². The van der Waals surface area contributed by atoms with Crippen molar-refractivity contribution in [2.24, 2.45) is 5.41 Å². The maximum absolute atomic E-state index is 15.2. The third-order valence-electron chi connectivity index (χ3n) is 9.34. The van der Waals surface area contributed by atoms with Gasteiger partial charge in [-0.25, -0.2) is 0 Å². The lowest BCUT2D eigenvalue weighted by Crippen LogP contribution is -2.59. The van der Waals surface area contributed by atoms with Gasteiger partial charge in [-0.1, -0.05) is 94.9 Å². The smallest absolute Gasteiger partial charge is 0.189 e. The van der Waals surface area contributed by atoms with Crippen molar-refractivity contribution in [1.82, 2.24) is 5.32 Å². The number of Topliss-reactive ketones (excluding diaryl/α,β-unsaturated/α-hetero) is 2. The summed E-state index contributed by atoms with van der Waals surface area (Å²) in [6.07, 6.45) is 3.79. The van der Waals surface area contributed by atoms with Gasteiger partial charge in [0.1, 0.15) is 5.54 Å². The Hall–Kier alpha value is -2.66. The Morgan fingerprint density at radius 1 is 0.829 bits per heavy atom. The molecule has 3 aliphatic rings. The molecule has 1 unspecified atom stereocenters. The highest BCUT2D eigenvalue weighted by Crippen LogP contribution is 2.66. The summed E-state index contributed by atoms with van der Waals surface area (Å²) in [7, 11) is 0. The molecule has 1 saturated heterocycles. The zero-order chi connectivity index (χ0) is 28.7. The largest absolute Gasteiger partial charge is 0.297 e. The molecule has 2 aliphatic carbocycles. The number of carbonyl (C=O) groups excluding carboxylic acids is 2. The van der Waals surface area contributed by atoms with Gasteiger partial charge in [-0.05, 0) is 89.6 Å². The van der Waals surface area contributed by atoms with Crippen molar-refractivity contribution in [2.45, 2.75) is 43.7 Å². The zero-order valence-electron chi connectivity index (χ0n) is 22.1. The minimum Gasteiger partial charge on any atom is -0.297 e. The van der Waals surface area contributed by atoms with Crippen molar-refractivity contribution in [3.05, 3.63) is 121 Å². The molecule has 3 nitrogen and oxygen atoms in total. The number of halogens is 4. The Morgan fingerprint density at radius 2 is 1.54 bits per heavy atom. The van der Waals surface area contributed by atoms with Crippen molar-refractivity contribution in [1.29, 1.82) is 0 Å². The maximum Gasteiger partial charge on any atom is 0.189 e. The number of carbonyl (C=O) groups is 2. The van der Waals surface area contributed by atoms with Gasteiger partial charge >= 0.3 is 0 Å². The monoisotopic (exact) mass is 619 g/mol. The molecule has 0 aromatic heterocycles. The average Bonchev–Trinajstić information content (AvgIpc) is 3.36. The van der Waals surface area contributed by atoms with Gasteiger partial charge < -0.3 is 0 Å². The molecular formula is C34H25Cl4NO2. The summed E-state index contributed by atoms with van der Waals surface area (Å²) in [5.74, 6) is -0.417. The molecule has 0 radical (unpaired) electrons. The first-order valence-electron chi connectivity index (χ1n) is 13.7. The SMILES string of the molecule is CC1N[C@@]2(C(=O)c3cccc4cccc2c34)[C@@]2(CCC/C(=C\c3ccc(Cl)c(Cl)c3)C2=O)[C@H]1c1ccc(Cl)c(Cl)c1. The molecule has 41 heavy (non-hydrogen) atoms. The number of ketones is 2. The van der Waals surface area contributed by atoms with E-state index >= 15 is 4.79 Å². The second kappa shape index (κ2) is 9.69. The molecule has 4 aromatic rings. The Kier molecular flexibility index (Phi) is 6.43. The first-order chi connectivity index (χ1) is 19.7. The van der Waals surface area contributed by atoms with E-state index in [9.17, 15) is 4.79 Å². The quantitative estimate of drug-likeness (QED) is 0.227. The number of benzene rings is 4. The van der Waals surface area contributed by atoms with Gasteiger partial charge in [-0.15, -0.1) is 0 Å². The van der Waals surface area contributed by atoms with E-state index in [4.69, 9.17) is 46.4 Å². The van der Waals surface area contributed by atoms with E-state index in [0.29, 0.717) is 44.1 Å². The van der Waals surface area contributed by atoms with Crippen LogP contribution in [0.1, 0.15) is 59.2 Å². The highest BCUT2D eigenvalue weighted by Gasteiger charge is 2.73. The van der Waals surface area contributed by atoms with E-state index < -0.39 is 11.0 Å². The normalized spacial score (nSPS) is 28.1. The van der Waals surface area contributed by atoms with E-state index in [2.05, 4.69) is 12.2 Å². The summed E-state index contributed by atoms with van der Waals surface area (Å²) in [4.78, 5) is 30.0. The summed E-state index contributed by atoms with van der Waals surface area (Å²) < 4.78 is 0. The molecule has 1 saturated carbocycles. The second-order valence-corrected chi connectivity index (χ2v) is 13.0. The lowest BCUT2D eigenvalue weighted by atomic mass is 9.52. The Bertz CT molecular complexity index is 1830. The van der Waals surface area contributed by atoms with Crippen molar-refractivity contribution >= 4 is 74.8 Å². The number of nitrogens with one attached hydrogen (secondary N) is 1. The lowest BCUT2D eigenvalue weighted by molar-refractivity contribution is -0.130. The van der Waals surface area contributed by atoms with Gasteiger partial charge in [0.05, 0.1) is 25.5 Å². The number of hydrogen-bond acceptors (Lipinski definition) is 3. The predicted octanol–water partition coefficient (Wildman–Crippen LogP) is 9.44. The highest BCUT2D eigenvalue weighted by atomic mass is 35.5. The van der Waals surface area contributed by atoms with Gasteiger partial charge in [0, 0.05) is 17.5 Å². The first-order valence-corrected chi connectivity index (χ1v) is 15.2. The van der Waals surface area contributed by atoms with E-state index in [1.165, 1.54) is 0 Å². The van der Waals surface area contributed by atoms with Crippen LogP contribution < -0.4 is 5.32 Å². The highest BCUT2D eigenvalue weighted by molar-refractivity contribution is 6.42.